The summed E-state index contributed by atoms with van der Waals surface area (Å²) in [7, 11) is -3.44. The summed E-state index contributed by atoms with van der Waals surface area (Å²) in [5.74, 6) is 0. The van der Waals surface area contributed by atoms with Gasteiger partial charge in [0.15, 0.2) is 0 Å². The first-order valence-electron chi connectivity index (χ1n) is 7.80. The Hall–Kier alpha value is -1.27. The molecule has 2 N–H and O–H groups in total. The van der Waals surface area contributed by atoms with Crippen molar-refractivity contribution in [3.8, 4) is 0 Å². The van der Waals surface area contributed by atoms with E-state index in [9.17, 15) is 8.42 Å². The summed E-state index contributed by atoms with van der Waals surface area (Å²) in [4.78, 5) is 0. The van der Waals surface area contributed by atoms with Crippen LogP contribution in [0.25, 0.3) is 0 Å². The predicted molar refractivity (Wildman–Crippen MR) is 85.8 cm³/mol. The molecule has 1 saturated heterocycles. The zero-order valence-corrected chi connectivity index (χ0v) is 13.1. The number of nitrogens with one attached hydrogen (secondary N) is 2. The van der Waals surface area contributed by atoms with Gasteiger partial charge in [0, 0.05) is 25.3 Å². The van der Waals surface area contributed by atoms with Crippen molar-refractivity contribution < 1.29 is 8.42 Å². The molecule has 2 aliphatic heterocycles. The van der Waals surface area contributed by atoms with Crippen LogP contribution in [0.2, 0.25) is 0 Å². The van der Waals surface area contributed by atoms with Crippen molar-refractivity contribution in [2.45, 2.75) is 38.5 Å². The molecule has 0 spiro atoms. The minimum atomic E-state index is -3.44. The maximum atomic E-state index is 12.6. The van der Waals surface area contributed by atoms with Crippen molar-refractivity contribution in [3.63, 3.8) is 0 Å². The second-order valence-electron chi connectivity index (χ2n) is 5.78. The number of hydrogen-bond acceptors (Lipinski definition) is 3. The Morgan fingerprint density at radius 1 is 1.05 bits per heavy atom. The first-order chi connectivity index (χ1) is 10.2. The highest BCUT2D eigenvalue weighted by molar-refractivity contribution is 7.90. The molecule has 2 heterocycles. The maximum absolute atomic E-state index is 12.6. The second kappa shape index (κ2) is 6.23. The molecule has 5 nitrogen and oxygen atoms in total. The SMILES string of the molecule is O=S(=O)(Nc1cccc2c1CCCN2)N1CCCCCC1. The largest absolute Gasteiger partial charge is 0.385 e. The van der Waals surface area contributed by atoms with E-state index >= 15 is 0 Å². The van der Waals surface area contributed by atoms with Crippen molar-refractivity contribution in [2.24, 2.45) is 0 Å². The molecule has 0 aromatic heterocycles. The molecule has 0 unspecified atom stereocenters. The third kappa shape index (κ3) is 3.32. The highest BCUT2D eigenvalue weighted by Crippen LogP contribution is 2.30. The summed E-state index contributed by atoms with van der Waals surface area (Å²) in [5.41, 5.74) is 2.86. The number of rotatable bonds is 3. The van der Waals surface area contributed by atoms with Crippen molar-refractivity contribution in [3.05, 3.63) is 23.8 Å². The number of fused-ring (bicyclic) bond motifs is 1. The summed E-state index contributed by atoms with van der Waals surface area (Å²) in [5, 5.41) is 3.33. The molecule has 21 heavy (non-hydrogen) atoms. The van der Waals surface area contributed by atoms with Crippen LogP contribution in [0.4, 0.5) is 11.4 Å². The van der Waals surface area contributed by atoms with Crippen molar-refractivity contribution in [1.82, 2.24) is 4.31 Å². The Balaban J connectivity index is 1.82. The molecule has 1 fully saturated rings. The van der Waals surface area contributed by atoms with E-state index in [4.69, 9.17) is 0 Å². The lowest BCUT2D eigenvalue weighted by atomic mass is 10.0. The Morgan fingerprint density at radius 3 is 2.57 bits per heavy atom. The lowest BCUT2D eigenvalue weighted by molar-refractivity contribution is 0.427. The van der Waals surface area contributed by atoms with Gasteiger partial charge in [0.05, 0.1) is 5.69 Å². The van der Waals surface area contributed by atoms with Crippen LogP contribution in [-0.2, 0) is 16.6 Å². The van der Waals surface area contributed by atoms with Crippen molar-refractivity contribution in [2.75, 3.05) is 29.7 Å². The van der Waals surface area contributed by atoms with E-state index in [2.05, 4.69) is 10.0 Å². The number of anilines is 2. The summed E-state index contributed by atoms with van der Waals surface area (Å²) >= 11 is 0. The molecule has 1 aromatic carbocycles. The molecule has 0 bridgehead atoms. The third-order valence-corrected chi connectivity index (χ3v) is 5.76. The minimum Gasteiger partial charge on any atom is -0.385 e. The molecule has 3 rings (SSSR count). The van der Waals surface area contributed by atoms with Crippen LogP contribution in [0.3, 0.4) is 0 Å². The van der Waals surface area contributed by atoms with Gasteiger partial charge in [-0.2, -0.15) is 12.7 Å². The average molecular weight is 309 g/mol. The smallest absolute Gasteiger partial charge is 0.301 e. The van der Waals surface area contributed by atoms with Crippen molar-refractivity contribution in [1.29, 1.82) is 0 Å². The van der Waals surface area contributed by atoms with E-state index in [0.29, 0.717) is 13.1 Å². The van der Waals surface area contributed by atoms with Crippen molar-refractivity contribution >= 4 is 21.6 Å². The molecule has 0 radical (unpaired) electrons. The maximum Gasteiger partial charge on any atom is 0.301 e. The van der Waals surface area contributed by atoms with E-state index in [1.54, 1.807) is 4.31 Å². The molecular formula is C15H23N3O2S. The fraction of sp³-hybridized carbons (Fsp3) is 0.600. The normalized spacial score (nSPS) is 20.2. The van der Waals surface area contributed by atoms with E-state index < -0.39 is 10.2 Å². The minimum absolute atomic E-state index is 0.628. The molecule has 2 aliphatic rings. The highest BCUT2D eigenvalue weighted by Gasteiger charge is 2.24. The molecular weight excluding hydrogens is 286 g/mol. The fourth-order valence-corrected chi connectivity index (χ4v) is 4.43. The van der Waals surface area contributed by atoms with Gasteiger partial charge < -0.3 is 5.32 Å². The first kappa shape index (κ1) is 14.7. The summed E-state index contributed by atoms with van der Waals surface area (Å²) in [6, 6.07) is 5.77. The lowest BCUT2D eigenvalue weighted by Crippen LogP contribution is -2.36. The molecule has 116 valence electrons. The van der Waals surface area contributed by atoms with E-state index in [-0.39, 0.29) is 0 Å². The zero-order valence-electron chi connectivity index (χ0n) is 12.3. The third-order valence-electron chi connectivity index (χ3n) is 4.24. The Kier molecular flexibility index (Phi) is 4.35. The van der Waals surface area contributed by atoms with Gasteiger partial charge in [-0.1, -0.05) is 18.9 Å². The monoisotopic (exact) mass is 309 g/mol. The van der Waals surface area contributed by atoms with Crippen LogP contribution in [0.5, 0.6) is 0 Å². The highest BCUT2D eigenvalue weighted by atomic mass is 32.2. The van der Waals surface area contributed by atoms with Gasteiger partial charge in [-0.15, -0.1) is 0 Å². The van der Waals surface area contributed by atoms with E-state index in [1.807, 2.05) is 18.2 Å². The quantitative estimate of drug-likeness (QED) is 0.902. The van der Waals surface area contributed by atoms with Crippen LogP contribution in [0.1, 0.15) is 37.7 Å². The van der Waals surface area contributed by atoms with Gasteiger partial charge in [0.25, 0.3) is 0 Å². The topological polar surface area (TPSA) is 61.4 Å². The van der Waals surface area contributed by atoms with Crippen LogP contribution < -0.4 is 10.0 Å². The number of hydrogen-bond donors (Lipinski definition) is 2. The molecule has 0 aliphatic carbocycles. The number of benzene rings is 1. The summed E-state index contributed by atoms with van der Waals surface area (Å²) in [6.45, 7) is 2.21. The molecule has 0 amide bonds. The van der Waals surface area contributed by atoms with Crippen LogP contribution in [0, 0.1) is 0 Å². The standard InChI is InChI=1S/C15H23N3O2S/c19-21(20,18-11-3-1-2-4-12-18)17-15-9-5-8-14-13(15)7-6-10-16-14/h5,8-9,16-17H,1-4,6-7,10-12H2. The fourth-order valence-electron chi connectivity index (χ4n) is 3.09. The molecule has 1 aromatic rings. The van der Waals surface area contributed by atoms with Gasteiger partial charge in [-0.3, -0.25) is 4.72 Å². The Labute approximate surface area is 126 Å². The molecule has 6 heteroatoms. The van der Waals surface area contributed by atoms with Crippen LogP contribution in [-0.4, -0.2) is 32.4 Å². The molecule has 0 saturated carbocycles. The lowest BCUT2D eigenvalue weighted by Gasteiger charge is -2.24. The number of nitrogens with zero attached hydrogens (tertiary/aromatic N) is 1. The Bertz CT molecular complexity index is 593. The van der Waals surface area contributed by atoms with Gasteiger partial charge in [0.2, 0.25) is 0 Å². The second-order valence-corrected chi connectivity index (χ2v) is 7.45. The average Bonchev–Trinajstić information content (AvgIpc) is 2.77. The van der Waals surface area contributed by atoms with Gasteiger partial charge >= 0.3 is 10.2 Å². The predicted octanol–water partition coefficient (Wildman–Crippen LogP) is 2.58. The van der Waals surface area contributed by atoms with E-state index in [1.165, 1.54) is 0 Å². The van der Waals surface area contributed by atoms with Gasteiger partial charge in [0.1, 0.15) is 0 Å². The molecule has 0 atom stereocenters. The summed E-state index contributed by atoms with van der Waals surface area (Å²) < 4.78 is 29.6. The van der Waals surface area contributed by atoms with Gasteiger partial charge in [-0.25, -0.2) is 0 Å². The Morgan fingerprint density at radius 2 is 1.81 bits per heavy atom. The van der Waals surface area contributed by atoms with Crippen LogP contribution in [0.15, 0.2) is 18.2 Å². The van der Waals surface area contributed by atoms with E-state index in [0.717, 1.165) is 62.0 Å². The zero-order chi connectivity index (χ0) is 14.7. The summed E-state index contributed by atoms with van der Waals surface area (Å²) in [6.07, 6.45) is 6.11. The van der Waals surface area contributed by atoms with Gasteiger partial charge in [-0.05, 0) is 43.4 Å². The first-order valence-corrected chi connectivity index (χ1v) is 9.24. The van der Waals surface area contributed by atoms with Crippen LogP contribution >= 0.6 is 0 Å².